The molecule has 7 nitrogen and oxygen atoms in total. The highest BCUT2D eigenvalue weighted by Gasteiger charge is 2.15. The highest BCUT2D eigenvalue weighted by molar-refractivity contribution is 9.10. The lowest BCUT2D eigenvalue weighted by Crippen LogP contribution is -2.43. The Balaban J connectivity index is 1.92. The van der Waals surface area contributed by atoms with E-state index < -0.39 is 11.8 Å². The van der Waals surface area contributed by atoms with Crippen molar-refractivity contribution in [2.45, 2.75) is 6.92 Å². The van der Waals surface area contributed by atoms with Crippen molar-refractivity contribution in [2.24, 2.45) is 0 Å². The Hall–Kier alpha value is -2.74. The summed E-state index contributed by atoms with van der Waals surface area (Å²) in [6, 6.07) is 10.4. The van der Waals surface area contributed by atoms with Gasteiger partial charge in [-0.1, -0.05) is 12.1 Å². The predicted molar refractivity (Wildman–Crippen MR) is 99.5 cm³/mol. The molecular weight excluding hydrogens is 404 g/mol. The van der Waals surface area contributed by atoms with E-state index in [9.17, 15) is 9.59 Å². The molecule has 2 N–H and O–H groups in total. The first kappa shape index (κ1) is 19.6. The molecule has 0 aliphatic carbocycles. The van der Waals surface area contributed by atoms with Crippen LogP contribution in [0.2, 0.25) is 0 Å². The van der Waals surface area contributed by atoms with Gasteiger partial charge in [0.05, 0.1) is 14.2 Å². The zero-order valence-electron chi connectivity index (χ0n) is 14.6. The number of amides is 2. The highest BCUT2D eigenvalue weighted by atomic mass is 79.9. The Bertz CT molecular complexity index is 785. The maximum Gasteiger partial charge on any atom is 0.276 e. The van der Waals surface area contributed by atoms with Crippen LogP contribution in [0.25, 0.3) is 0 Å². The minimum Gasteiger partial charge on any atom is -0.495 e. The van der Waals surface area contributed by atoms with Gasteiger partial charge in [-0.15, -0.1) is 0 Å². The molecule has 0 heterocycles. The summed E-state index contributed by atoms with van der Waals surface area (Å²) in [7, 11) is 2.96. The van der Waals surface area contributed by atoms with E-state index in [0.717, 1.165) is 5.56 Å². The highest BCUT2D eigenvalue weighted by Crippen LogP contribution is 2.35. The molecule has 2 aromatic carbocycles. The van der Waals surface area contributed by atoms with Crippen LogP contribution in [0.15, 0.2) is 40.9 Å². The molecule has 8 heteroatoms. The summed E-state index contributed by atoms with van der Waals surface area (Å²) >= 11 is 3.33. The summed E-state index contributed by atoms with van der Waals surface area (Å²) in [5, 5.41) is 0. The Morgan fingerprint density at radius 3 is 2.27 bits per heavy atom. The summed E-state index contributed by atoms with van der Waals surface area (Å²) in [5.74, 6) is 0.440. The van der Waals surface area contributed by atoms with Crippen molar-refractivity contribution in [1.82, 2.24) is 10.9 Å². The SMILES string of the molecule is COc1cc(C(=O)NNC(=O)COc2cccc(C)c2)cc(OC)c1Br. The van der Waals surface area contributed by atoms with Crippen LogP contribution in [-0.2, 0) is 4.79 Å². The number of ether oxygens (including phenoxy) is 3. The van der Waals surface area contributed by atoms with Gasteiger partial charge in [0, 0.05) is 5.56 Å². The zero-order valence-corrected chi connectivity index (χ0v) is 16.2. The molecule has 26 heavy (non-hydrogen) atoms. The standard InChI is InChI=1S/C18H19BrN2O5/c1-11-5-4-6-13(7-11)26-10-16(22)20-21-18(23)12-8-14(24-2)17(19)15(9-12)25-3/h4-9H,10H2,1-3H3,(H,20,22)(H,21,23). The number of nitrogens with one attached hydrogen (secondary N) is 2. The molecule has 0 atom stereocenters. The van der Waals surface area contributed by atoms with Crippen LogP contribution < -0.4 is 25.1 Å². The Morgan fingerprint density at radius 1 is 1.04 bits per heavy atom. The van der Waals surface area contributed by atoms with Crippen molar-refractivity contribution < 1.29 is 23.8 Å². The van der Waals surface area contributed by atoms with E-state index in [4.69, 9.17) is 14.2 Å². The second-order valence-electron chi connectivity index (χ2n) is 5.30. The number of hydrazine groups is 1. The lowest BCUT2D eigenvalue weighted by molar-refractivity contribution is -0.123. The van der Waals surface area contributed by atoms with Crippen molar-refractivity contribution in [1.29, 1.82) is 0 Å². The fourth-order valence-corrected chi connectivity index (χ4v) is 2.64. The van der Waals surface area contributed by atoms with Crippen molar-refractivity contribution >= 4 is 27.7 Å². The summed E-state index contributed by atoms with van der Waals surface area (Å²) in [6.45, 7) is 1.70. The van der Waals surface area contributed by atoms with E-state index in [2.05, 4.69) is 26.8 Å². The first-order valence-electron chi connectivity index (χ1n) is 7.64. The smallest absolute Gasteiger partial charge is 0.276 e. The summed E-state index contributed by atoms with van der Waals surface area (Å²) < 4.78 is 16.3. The van der Waals surface area contributed by atoms with Gasteiger partial charge in [0.2, 0.25) is 0 Å². The minimum atomic E-state index is -0.516. The molecular formula is C18H19BrN2O5. The molecule has 2 aromatic rings. The molecule has 2 rings (SSSR count). The van der Waals surface area contributed by atoms with Gasteiger partial charge >= 0.3 is 0 Å². The van der Waals surface area contributed by atoms with Gasteiger partial charge < -0.3 is 14.2 Å². The molecule has 0 aliphatic rings. The number of hydrogen-bond acceptors (Lipinski definition) is 5. The van der Waals surface area contributed by atoms with Crippen LogP contribution in [0.4, 0.5) is 0 Å². The first-order chi connectivity index (χ1) is 12.4. The van der Waals surface area contributed by atoms with E-state index in [-0.39, 0.29) is 12.2 Å². The van der Waals surface area contributed by atoms with Gasteiger partial charge in [-0.3, -0.25) is 20.4 Å². The van der Waals surface area contributed by atoms with E-state index in [1.165, 1.54) is 26.4 Å². The average molecular weight is 423 g/mol. The maximum absolute atomic E-state index is 12.2. The van der Waals surface area contributed by atoms with Crippen LogP contribution in [0.5, 0.6) is 17.2 Å². The second-order valence-corrected chi connectivity index (χ2v) is 6.10. The van der Waals surface area contributed by atoms with Gasteiger partial charge in [0.1, 0.15) is 21.7 Å². The fourth-order valence-electron chi connectivity index (χ4n) is 2.09. The number of aryl methyl sites for hydroxylation is 1. The average Bonchev–Trinajstić information content (AvgIpc) is 2.64. The normalized spacial score (nSPS) is 10.0. The molecule has 0 saturated carbocycles. The van der Waals surface area contributed by atoms with Crippen LogP contribution >= 0.6 is 15.9 Å². The quantitative estimate of drug-likeness (QED) is 0.698. The molecule has 0 saturated heterocycles. The predicted octanol–water partition coefficient (Wildman–Crippen LogP) is 2.61. The number of methoxy groups -OCH3 is 2. The monoisotopic (exact) mass is 422 g/mol. The molecule has 0 bridgehead atoms. The summed E-state index contributed by atoms with van der Waals surface area (Å²) in [5.41, 5.74) is 5.91. The molecule has 0 spiro atoms. The van der Waals surface area contributed by atoms with Crippen molar-refractivity contribution in [3.63, 3.8) is 0 Å². The number of hydrogen-bond donors (Lipinski definition) is 2. The third-order valence-electron chi connectivity index (χ3n) is 3.38. The van der Waals surface area contributed by atoms with E-state index in [1.807, 2.05) is 25.1 Å². The maximum atomic E-state index is 12.2. The lowest BCUT2D eigenvalue weighted by atomic mass is 10.2. The van der Waals surface area contributed by atoms with Crippen LogP contribution in [0.1, 0.15) is 15.9 Å². The van der Waals surface area contributed by atoms with Crippen LogP contribution in [0, 0.1) is 6.92 Å². The van der Waals surface area contributed by atoms with Gasteiger partial charge in [0.15, 0.2) is 6.61 Å². The van der Waals surface area contributed by atoms with Gasteiger partial charge in [-0.2, -0.15) is 0 Å². The van der Waals surface area contributed by atoms with Gasteiger partial charge in [-0.25, -0.2) is 0 Å². The van der Waals surface area contributed by atoms with Crippen molar-refractivity contribution in [3.8, 4) is 17.2 Å². The molecule has 0 fully saturated rings. The van der Waals surface area contributed by atoms with Gasteiger partial charge in [-0.05, 0) is 52.7 Å². The largest absolute Gasteiger partial charge is 0.495 e. The Labute approximate surface area is 159 Å². The fraction of sp³-hybridized carbons (Fsp3) is 0.222. The number of rotatable bonds is 6. The Morgan fingerprint density at radius 2 is 1.69 bits per heavy atom. The third kappa shape index (κ3) is 5.13. The number of halogens is 1. The minimum absolute atomic E-state index is 0.225. The molecule has 0 aliphatic heterocycles. The lowest BCUT2D eigenvalue weighted by Gasteiger charge is -2.12. The number of carbonyl (C=O) groups excluding carboxylic acids is 2. The van der Waals surface area contributed by atoms with E-state index in [1.54, 1.807) is 6.07 Å². The van der Waals surface area contributed by atoms with E-state index in [0.29, 0.717) is 21.7 Å². The van der Waals surface area contributed by atoms with E-state index >= 15 is 0 Å². The third-order valence-corrected chi connectivity index (χ3v) is 4.16. The van der Waals surface area contributed by atoms with Crippen molar-refractivity contribution in [2.75, 3.05) is 20.8 Å². The zero-order chi connectivity index (χ0) is 19.1. The topological polar surface area (TPSA) is 85.9 Å². The molecule has 138 valence electrons. The van der Waals surface area contributed by atoms with Gasteiger partial charge in [0.25, 0.3) is 11.8 Å². The number of benzene rings is 2. The molecule has 0 radical (unpaired) electrons. The molecule has 2 amide bonds. The number of carbonyl (C=O) groups is 2. The Kier molecular flexibility index (Phi) is 6.85. The summed E-state index contributed by atoms with van der Waals surface area (Å²) in [6.07, 6.45) is 0. The molecule has 0 aromatic heterocycles. The first-order valence-corrected chi connectivity index (χ1v) is 8.44. The molecule has 0 unspecified atom stereocenters. The van der Waals surface area contributed by atoms with Crippen LogP contribution in [0.3, 0.4) is 0 Å². The van der Waals surface area contributed by atoms with Crippen molar-refractivity contribution in [3.05, 3.63) is 52.0 Å². The second kappa shape index (κ2) is 9.10. The summed E-state index contributed by atoms with van der Waals surface area (Å²) in [4.78, 5) is 24.1. The van der Waals surface area contributed by atoms with Crippen LogP contribution in [-0.4, -0.2) is 32.6 Å².